The zero-order valence-electron chi connectivity index (χ0n) is 12.2. The van der Waals surface area contributed by atoms with Crippen molar-refractivity contribution in [3.63, 3.8) is 0 Å². The smallest absolute Gasteiger partial charge is 0.229 e. The topological polar surface area (TPSA) is 55.1 Å². The van der Waals surface area contributed by atoms with Crippen molar-refractivity contribution in [2.75, 3.05) is 5.32 Å². The second kappa shape index (κ2) is 5.05. The van der Waals surface area contributed by atoms with E-state index in [0.29, 0.717) is 11.6 Å². The van der Waals surface area contributed by atoms with Gasteiger partial charge in [0, 0.05) is 6.92 Å². The van der Waals surface area contributed by atoms with Gasteiger partial charge in [0.2, 0.25) is 11.8 Å². The van der Waals surface area contributed by atoms with Crippen molar-refractivity contribution in [2.45, 2.75) is 20.8 Å². The molecule has 0 unspecified atom stereocenters. The van der Waals surface area contributed by atoms with Crippen LogP contribution in [0.1, 0.15) is 18.1 Å². The lowest BCUT2D eigenvalue weighted by atomic mass is 10.1. The molecule has 0 bridgehead atoms. The highest BCUT2D eigenvalue weighted by Crippen LogP contribution is 2.33. The number of oxazole rings is 1. The SMILES string of the molecule is CC(=O)Nc1cccc(C)c1-c1nc2c(C)cccc2o1. The maximum Gasteiger partial charge on any atom is 0.229 e. The van der Waals surface area contributed by atoms with Crippen LogP contribution in [0.3, 0.4) is 0 Å². The molecule has 21 heavy (non-hydrogen) atoms. The van der Waals surface area contributed by atoms with Gasteiger partial charge in [-0.3, -0.25) is 4.79 Å². The fourth-order valence-corrected chi connectivity index (χ4v) is 2.44. The minimum atomic E-state index is -0.117. The molecule has 4 nitrogen and oxygen atoms in total. The van der Waals surface area contributed by atoms with Crippen molar-refractivity contribution in [2.24, 2.45) is 0 Å². The summed E-state index contributed by atoms with van der Waals surface area (Å²) in [5.41, 5.74) is 5.21. The number of aromatic nitrogens is 1. The summed E-state index contributed by atoms with van der Waals surface area (Å²) < 4.78 is 5.88. The number of nitrogens with one attached hydrogen (secondary N) is 1. The van der Waals surface area contributed by atoms with Gasteiger partial charge in [0.1, 0.15) is 5.52 Å². The molecule has 1 amide bonds. The molecule has 0 saturated heterocycles. The van der Waals surface area contributed by atoms with Crippen molar-refractivity contribution < 1.29 is 9.21 Å². The molecule has 0 radical (unpaired) electrons. The number of hydrogen-bond donors (Lipinski definition) is 1. The highest BCUT2D eigenvalue weighted by Gasteiger charge is 2.16. The van der Waals surface area contributed by atoms with Crippen molar-refractivity contribution in [3.05, 3.63) is 47.5 Å². The first-order valence-electron chi connectivity index (χ1n) is 6.80. The number of nitrogens with zero attached hydrogens (tertiary/aromatic N) is 1. The third kappa shape index (κ3) is 2.40. The van der Waals surface area contributed by atoms with Crippen LogP contribution in [0.25, 0.3) is 22.6 Å². The van der Waals surface area contributed by atoms with Gasteiger partial charge in [-0.25, -0.2) is 4.98 Å². The maximum atomic E-state index is 11.4. The highest BCUT2D eigenvalue weighted by molar-refractivity contribution is 5.94. The molecule has 3 aromatic rings. The summed E-state index contributed by atoms with van der Waals surface area (Å²) in [6.45, 7) is 5.46. The van der Waals surface area contributed by atoms with E-state index in [1.807, 2.05) is 50.2 Å². The summed E-state index contributed by atoms with van der Waals surface area (Å²) in [7, 11) is 0. The van der Waals surface area contributed by atoms with Crippen LogP contribution in [0.4, 0.5) is 5.69 Å². The van der Waals surface area contributed by atoms with Gasteiger partial charge in [-0.05, 0) is 37.1 Å². The number of aryl methyl sites for hydroxylation is 2. The second-order valence-electron chi connectivity index (χ2n) is 5.12. The van der Waals surface area contributed by atoms with Gasteiger partial charge in [-0.2, -0.15) is 0 Å². The van der Waals surface area contributed by atoms with Crippen LogP contribution >= 0.6 is 0 Å². The van der Waals surface area contributed by atoms with Crippen molar-refractivity contribution >= 4 is 22.7 Å². The summed E-state index contributed by atoms with van der Waals surface area (Å²) >= 11 is 0. The first kappa shape index (κ1) is 13.4. The number of fused-ring (bicyclic) bond motifs is 1. The summed E-state index contributed by atoms with van der Waals surface area (Å²) in [5.74, 6) is 0.412. The predicted molar refractivity (Wildman–Crippen MR) is 83.2 cm³/mol. The van der Waals surface area contributed by atoms with Gasteiger partial charge in [0.25, 0.3) is 0 Å². The molecule has 4 heteroatoms. The number of amides is 1. The van der Waals surface area contributed by atoms with Gasteiger partial charge in [0.05, 0.1) is 11.3 Å². The van der Waals surface area contributed by atoms with E-state index in [-0.39, 0.29) is 5.91 Å². The zero-order chi connectivity index (χ0) is 15.0. The van der Waals surface area contributed by atoms with Crippen LogP contribution in [-0.2, 0) is 4.79 Å². The minimum Gasteiger partial charge on any atom is -0.436 e. The Balaban J connectivity index is 2.22. The number of rotatable bonds is 2. The molecule has 1 heterocycles. The largest absolute Gasteiger partial charge is 0.436 e. The Hall–Kier alpha value is -2.62. The van der Waals surface area contributed by atoms with E-state index in [1.165, 1.54) is 6.92 Å². The summed E-state index contributed by atoms with van der Waals surface area (Å²) in [6, 6.07) is 11.6. The van der Waals surface area contributed by atoms with E-state index >= 15 is 0 Å². The average molecular weight is 280 g/mol. The molecular formula is C17H16N2O2. The molecule has 0 fully saturated rings. The predicted octanol–water partition coefficient (Wildman–Crippen LogP) is 4.07. The molecule has 2 aromatic carbocycles. The van der Waals surface area contributed by atoms with Crippen LogP contribution in [0, 0.1) is 13.8 Å². The molecule has 0 aliphatic carbocycles. The normalized spacial score (nSPS) is 10.8. The van der Waals surface area contributed by atoms with Crippen molar-refractivity contribution in [3.8, 4) is 11.5 Å². The van der Waals surface area contributed by atoms with Gasteiger partial charge in [-0.15, -0.1) is 0 Å². The second-order valence-corrected chi connectivity index (χ2v) is 5.12. The van der Waals surface area contributed by atoms with Crippen LogP contribution < -0.4 is 5.32 Å². The summed E-state index contributed by atoms with van der Waals surface area (Å²) in [6.07, 6.45) is 0. The minimum absolute atomic E-state index is 0.117. The van der Waals surface area contributed by atoms with Crippen molar-refractivity contribution in [1.82, 2.24) is 4.98 Å². The Morgan fingerprint density at radius 1 is 1.10 bits per heavy atom. The van der Waals surface area contributed by atoms with Crippen molar-refractivity contribution in [1.29, 1.82) is 0 Å². The Morgan fingerprint density at radius 3 is 2.52 bits per heavy atom. The van der Waals surface area contributed by atoms with E-state index in [2.05, 4.69) is 10.3 Å². The first-order chi connectivity index (χ1) is 10.1. The molecule has 0 saturated carbocycles. The molecule has 106 valence electrons. The number of hydrogen-bond acceptors (Lipinski definition) is 3. The zero-order valence-corrected chi connectivity index (χ0v) is 12.2. The summed E-state index contributed by atoms with van der Waals surface area (Å²) in [4.78, 5) is 16.0. The van der Waals surface area contributed by atoms with Gasteiger partial charge in [-0.1, -0.05) is 24.3 Å². The third-order valence-electron chi connectivity index (χ3n) is 3.42. The lowest BCUT2D eigenvalue weighted by Gasteiger charge is -2.09. The van der Waals surface area contributed by atoms with Crippen LogP contribution in [0.2, 0.25) is 0 Å². The number of anilines is 1. The first-order valence-corrected chi connectivity index (χ1v) is 6.80. The van der Waals surface area contributed by atoms with E-state index in [0.717, 1.165) is 27.8 Å². The van der Waals surface area contributed by atoms with Gasteiger partial charge < -0.3 is 9.73 Å². The van der Waals surface area contributed by atoms with Crippen LogP contribution in [0.5, 0.6) is 0 Å². The molecule has 0 spiro atoms. The van der Waals surface area contributed by atoms with Crippen LogP contribution in [-0.4, -0.2) is 10.9 Å². The molecule has 0 aliphatic rings. The quantitative estimate of drug-likeness (QED) is 0.769. The molecule has 0 atom stereocenters. The molecule has 1 N–H and O–H groups in total. The average Bonchev–Trinajstić information content (AvgIpc) is 2.83. The Kier molecular flexibility index (Phi) is 3.22. The number of carbonyl (C=O) groups is 1. The van der Waals surface area contributed by atoms with Gasteiger partial charge >= 0.3 is 0 Å². The molecule has 0 aliphatic heterocycles. The maximum absolute atomic E-state index is 11.4. The standard InChI is InChI=1S/C17H16N2O2/c1-10-6-4-8-13(18-12(3)20)15(10)17-19-16-11(2)7-5-9-14(16)21-17/h4-9H,1-3H3,(H,18,20). The number of carbonyl (C=O) groups excluding carboxylic acids is 1. The highest BCUT2D eigenvalue weighted by atomic mass is 16.3. The molecule has 3 rings (SSSR count). The van der Waals surface area contributed by atoms with E-state index in [9.17, 15) is 4.79 Å². The Bertz CT molecular complexity index is 834. The monoisotopic (exact) mass is 280 g/mol. The number of para-hydroxylation sites is 1. The van der Waals surface area contributed by atoms with E-state index in [4.69, 9.17) is 4.42 Å². The lowest BCUT2D eigenvalue weighted by molar-refractivity contribution is -0.114. The fraction of sp³-hybridized carbons (Fsp3) is 0.176. The molecular weight excluding hydrogens is 264 g/mol. The Labute approximate surface area is 122 Å². The van der Waals surface area contributed by atoms with E-state index in [1.54, 1.807) is 0 Å². The fourth-order valence-electron chi connectivity index (χ4n) is 2.44. The number of benzene rings is 2. The Morgan fingerprint density at radius 2 is 1.81 bits per heavy atom. The van der Waals surface area contributed by atoms with Crippen LogP contribution in [0.15, 0.2) is 40.8 Å². The third-order valence-corrected chi connectivity index (χ3v) is 3.42. The van der Waals surface area contributed by atoms with Gasteiger partial charge in [0.15, 0.2) is 5.58 Å². The van der Waals surface area contributed by atoms with E-state index < -0.39 is 0 Å². The lowest BCUT2D eigenvalue weighted by Crippen LogP contribution is -2.07. The summed E-state index contributed by atoms with van der Waals surface area (Å²) in [5, 5.41) is 2.83. The molecule has 1 aromatic heterocycles.